The van der Waals surface area contributed by atoms with Gasteiger partial charge in [-0.25, -0.2) is 12.8 Å². The minimum absolute atomic E-state index is 0.0162. The highest BCUT2D eigenvalue weighted by Gasteiger charge is 2.46. The molecule has 1 saturated heterocycles. The second-order valence-electron chi connectivity index (χ2n) is 6.68. The standard InChI is InChI=1S/C19H15ClF4N2O4S/c20-16-11-13(21)3-6-15(16)18(28)26-9-7-25(8-10-26)17(27)12-1-4-14(5-2-12)31(29,30)19(22,23)24/h1-6,11H,7-10H2. The minimum Gasteiger partial charge on any atom is -0.335 e. The summed E-state index contributed by atoms with van der Waals surface area (Å²) < 4.78 is 73.8. The molecular formula is C19H15ClF4N2O4S. The van der Waals surface area contributed by atoms with E-state index in [1.165, 1.54) is 15.9 Å². The highest BCUT2D eigenvalue weighted by atomic mass is 35.5. The molecule has 0 N–H and O–H groups in total. The summed E-state index contributed by atoms with van der Waals surface area (Å²) in [6.07, 6.45) is 0. The average Bonchev–Trinajstić information content (AvgIpc) is 2.72. The van der Waals surface area contributed by atoms with Crippen molar-refractivity contribution in [2.45, 2.75) is 10.4 Å². The first-order chi connectivity index (χ1) is 14.4. The van der Waals surface area contributed by atoms with E-state index in [1.54, 1.807) is 0 Å². The predicted octanol–water partition coefficient (Wildman–Crippen LogP) is 3.37. The van der Waals surface area contributed by atoms with Crippen molar-refractivity contribution in [3.05, 3.63) is 64.4 Å². The first kappa shape index (κ1) is 23.0. The molecule has 31 heavy (non-hydrogen) atoms. The molecule has 2 aromatic rings. The van der Waals surface area contributed by atoms with Crippen LogP contribution in [0.3, 0.4) is 0 Å². The van der Waals surface area contributed by atoms with Crippen LogP contribution in [0.5, 0.6) is 0 Å². The summed E-state index contributed by atoms with van der Waals surface area (Å²) in [5.41, 5.74) is -5.29. The number of benzene rings is 2. The van der Waals surface area contributed by atoms with Crippen LogP contribution in [-0.2, 0) is 9.84 Å². The van der Waals surface area contributed by atoms with Gasteiger partial charge in [0.2, 0.25) is 0 Å². The third kappa shape index (κ3) is 4.67. The molecule has 0 radical (unpaired) electrons. The fraction of sp³-hybridized carbons (Fsp3) is 0.263. The number of alkyl halides is 3. The van der Waals surface area contributed by atoms with E-state index in [9.17, 15) is 35.6 Å². The maximum atomic E-state index is 13.2. The Bertz CT molecular complexity index is 1110. The molecule has 0 bridgehead atoms. The first-order valence-electron chi connectivity index (χ1n) is 8.87. The van der Waals surface area contributed by atoms with E-state index in [0.29, 0.717) is 0 Å². The van der Waals surface area contributed by atoms with Crippen LogP contribution < -0.4 is 0 Å². The quantitative estimate of drug-likeness (QED) is 0.634. The van der Waals surface area contributed by atoms with Crippen LogP contribution in [0.15, 0.2) is 47.4 Å². The molecule has 0 saturated carbocycles. The van der Waals surface area contributed by atoms with Crippen LogP contribution >= 0.6 is 11.6 Å². The van der Waals surface area contributed by atoms with Gasteiger partial charge in [0.05, 0.1) is 15.5 Å². The van der Waals surface area contributed by atoms with Gasteiger partial charge in [-0.15, -0.1) is 0 Å². The molecule has 2 aromatic carbocycles. The molecule has 2 amide bonds. The lowest BCUT2D eigenvalue weighted by molar-refractivity contribution is -0.0436. The van der Waals surface area contributed by atoms with Crippen molar-refractivity contribution >= 4 is 33.3 Å². The van der Waals surface area contributed by atoms with Gasteiger partial charge in [-0.1, -0.05) is 11.6 Å². The topological polar surface area (TPSA) is 74.8 Å². The monoisotopic (exact) mass is 478 g/mol. The second-order valence-corrected chi connectivity index (χ2v) is 9.03. The minimum atomic E-state index is -5.50. The Balaban J connectivity index is 1.66. The fourth-order valence-electron chi connectivity index (χ4n) is 3.04. The zero-order chi connectivity index (χ0) is 23.0. The molecule has 3 rings (SSSR count). The third-order valence-electron chi connectivity index (χ3n) is 4.73. The highest BCUT2D eigenvalue weighted by molar-refractivity contribution is 7.92. The summed E-state index contributed by atoms with van der Waals surface area (Å²) in [6, 6.07) is 6.89. The average molecular weight is 479 g/mol. The fourth-order valence-corrected chi connectivity index (χ4v) is 4.05. The molecule has 166 valence electrons. The molecule has 1 heterocycles. The molecule has 1 aliphatic rings. The van der Waals surface area contributed by atoms with Crippen molar-refractivity contribution in [3.63, 3.8) is 0 Å². The number of nitrogens with zero attached hydrogens (tertiary/aromatic N) is 2. The van der Waals surface area contributed by atoms with E-state index in [1.807, 2.05) is 0 Å². The Kier molecular flexibility index (Phi) is 6.28. The van der Waals surface area contributed by atoms with Gasteiger partial charge in [-0.2, -0.15) is 13.2 Å². The molecular weight excluding hydrogens is 464 g/mol. The largest absolute Gasteiger partial charge is 0.501 e. The number of hydrogen-bond acceptors (Lipinski definition) is 4. The van der Waals surface area contributed by atoms with Crippen molar-refractivity contribution in [3.8, 4) is 0 Å². The summed E-state index contributed by atoms with van der Waals surface area (Å²) >= 11 is 5.91. The van der Waals surface area contributed by atoms with Crippen molar-refractivity contribution < 1.29 is 35.6 Å². The van der Waals surface area contributed by atoms with Gasteiger partial charge in [0, 0.05) is 31.7 Å². The molecule has 0 spiro atoms. The van der Waals surface area contributed by atoms with Crippen LogP contribution in [0.2, 0.25) is 5.02 Å². The number of rotatable bonds is 3. The van der Waals surface area contributed by atoms with Gasteiger partial charge >= 0.3 is 5.51 Å². The Hall–Kier alpha value is -2.66. The second kappa shape index (κ2) is 8.46. The molecule has 12 heteroatoms. The van der Waals surface area contributed by atoms with Gasteiger partial charge in [0.1, 0.15) is 5.82 Å². The molecule has 0 atom stereocenters. The van der Waals surface area contributed by atoms with Gasteiger partial charge in [0.25, 0.3) is 21.7 Å². The SMILES string of the molecule is O=C(c1ccc(S(=O)(=O)C(F)(F)F)cc1)N1CCN(C(=O)c2ccc(F)cc2Cl)CC1. The molecule has 0 aliphatic carbocycles. The highest BCUT2D eigenvalue weighted by Crippen LogP contribution is 2.30. The van der Waals surface area contributed by atoms with Crippen LogP contribution in [0.4, 0.5) is 17.6 Å². The summed E-state index contributed by atoms with van der Waals surface area (Å²) in [5.74, 6) is -1.51. The maximum Gasteiger partial charge on any atom is 0.501 e. The van der Waals surface area contributed by atoms with E-state index < -0.39 is 37.9 Å². The Labute approximate surface area is 179 Å². The lowest BCUT2D eigenvalue weighted by Gasteiger charge is -2.35. The number of carbonyl (C=O) groups excluding carboxylic acids is 2. The van der Waals surface area contributed by atoms with Crippen LogP contribution in [0.25, 0.3) is 0 Å². The number of halogens is 5. The van der Waals surface area contributed by atoms with Crippen LogP contribution in [0.1, 0.15) is 20.7 Å². The summed E-state index contributed by atoms with van der Waals surface area (Å²) in [6.45, 7) is 0.621. The van der Waals surface area contributed by atoms with E-state index in [2.05, 4.69) is 0 Å². The van der Waals surface area contributed by atoms with Crippen LogP contribution in [0, 0.1) is 5.82 Å². The number of piperazine rings is 1. The lowest BCUT2D eigenvalue weighted by atomic mass is 10.1. The van der Waals surface area contributed by atoms with E-state index in [0.717, 1.165) is 36.4 Å². The van der Waals surface area contributed by atoms with E-state index in [-0.39, 0.29) is 42.3 Å². The zero-order valence-electron chi connectivity index (χ0n) is 15.7. The van der Waals surface area contributed by atoms with Gasteiger partial charge in [0.15, 0.2) is 0 Å². The molecule has 1 fully saturated rings. The van der Waals surface area contributed by atoms with Gasteiger partial charge in [-0.3, -0.25) is 9.59 Å². The van der Waals surface area contributed by atoms with Crippen molar-refractivity contribution in [1.29, 1.82) is 0 Å². The first-order valence-corrected chi connectivity index (χ1v) is 10.7. The lowest BCUT2D eigenvalue weighted by Crippen LogP contribution is -2.50. The van der Waals surface area contributed by atoms with Crippen molar-refractivity contribution in [2.24, 2.45) is 0 Å². The molecule has 0 unspecified atom stereocenters. The van der Waals surface area contributed by atoms with Crippen molar-refractivity contribution in [2.75, 3.05) is 26.2 Å². The Morgan fingerprint density at radius 3 is 1.87 bits per heavy atom. The Morgan fingerprint density at radius 2 is 1.39 bits per heavy atom. The van der Waals surface area contributed by atoms with Crippen LogP contribution in [-0.4, -0.2) is 61.7 Å². The molecule has 0 aromatic heterocycles. The molecule has 1 aliphatic heterocycles. The number of hydrogen-bond donors (Lipinski definition) is 0. The maximum absolute atomic E-state index is 13.2. The van der Waals surface area contributed by atoms with E-state index >= 15 is 0 Å². The van der Waals surface area contributed by atoms with Crippen molar-refractivity contribution in [1.82, 2.24) is 9.80 Å². The third-order valence-corrected chi connectivity index (χ3v) is 6.55. The predicted molar refractivity (Wildman–Crippen MR) is 103 cm³/mol. The zero-order valence-corrected chi connectivity index (χ0v) is 17.3. The van der Waals surface area contributed by atoms with Gasteiger partial charge in [-0.05, 0) is 42.5 Å². The summed E-state index contributed by atoms with van der Waals surface area (Å²) in [4.78, 5) is 27.0. The summed E-state index contributed by atoms with van der Waals surface area (Å²) in [7, 11) is -5.50. The normalized spacial score (nSPS) is 15.1. The van der Waals surface area contributed by atoms with Gasteiger partial charge < -0.3 is 9.80 Å². The molecule has 6 nitrogen and oxygen atoms in total. The number of amides is 2. The van der Waals surface area contributed by atoms with E-state index in [4.69, 9.17) is 11.6 Å². The Morgan fingerprint density at radius 1 is 0.871 bits per heavy atom. The number of sulfone groups is 1. The number of carbonyl (C=O) groups is 2. The smallest absolute Gasteiger partial charge is 0.335 e. The summed E-state index contributed by atoms with van der Waals surface area (Å²) in [5, 5.41) is -0.0302.